The van der Waals surface area contributed by atoms with Gasteiger partial charge in [0.1, 0.15) is 0 Å². The molecule has 0 aromatic rings. The topological polar surface area (TPSA) is 32.3 Å². The van der Waals surface area contributed by atoms with Gasteiger partial charge in [-0.2, -0.15) is 0 Å². The summed E-state index contributed by atoms with van der Waals surface area (Å²) in [5.74, 6) is 3.01. The Bertz CT molecular complexity index is 607. The number of rotatable bonds is 2. The van der Waals surface area contributed by atoms with Crippen LogP contribution in [-0.4, -0.2) is 39.9 Å². The van der Waals surface area contributed by atoms with Crippen molar-refractivity contribution in [2.24, 2.45) is 28.6 Å². The maximum Gasteiger partial charge on any atom is 0.235 e. The number of amides is 1. The van der Waals surface area contributed by atoms with E-state index < -0.39 is 0 Å². The number of alkyl halides is 1. The van der Waals surface area contributed by atoms with Crippen LogP contribution in [0.2, 0.25) is 0 Å². The first-order valence-electron chi connectivity index (χ1n) is 11.0. The van der Waals surface area contributed by atoms with Gasteiger partial charge in [0.15, 0.2) is 0 Å². The minimum absolute atomic E-state index is 0.179. The van der Waals surface area contributed by atoms with E-state index in [4.69, 9.17) is 0 Å². The summed E-state index contributed by atoms with van der Waals surface area (Å²) in [6.07, 6.45) is 12.1. The highest BCUT2D eigenvalue weighted by Crippen LogP contribution is 2.65. The average molecular weight is 470 g/mol. The molecule has 4 aliphatic carbocycles. The molecule has 1 N–H and O–H groups in total. The van der Waals surface area contributed by atoms with Gasteiger partial charge in [-0.1, -0.05) is 36.4 Å². The van der Waals surface area contributed by atoms with Gasteiger partial charge in [0.2, 0.25) is 5.91 Å². The second-order valence-electron chi connectivity index (χ2n) is 10.7. The first-order valence-corrected chi connectivity index (χ1v) is 12.3. The van der Waals surface area contributed by atoms with E-state index in [-0.39, 0.29) is 3.92 Å². The van der Waals surface area contributed by atoms with Crippen LogP contribution in [0.25, 0.3) is 0 Å². The van der Waals surface area contributed by atoms with Gasteiger partial charge >= 0.3 is 0 Å². The van der Waals surface area contributed by atoms with E-state index in [1.54, 1.807) is 0 Å². The average Bonchev–Trinajstić information content (AvgIpc) is 3.35. The normalized spacial score (nSPS) is 53.8. The highest BCUT2D eigenvalue weighted by molar-refractivity contribution is 14.1. The molecule has 3 nitrogen and oxygen atoms in total. The van der Waals surface area contributed by atoms with E-state index in [0.717, 1.165) is 36.3 Å². The number of nitrogens with one attached hydrogen (secondary N) is 1. The molecule has 5 rings (SSSR count). The van der Waals surface area contributed by atoms with Crippen molar-refractivity contribution in [1.29, 1.82) is 0 Å². The van der Waals surface area contributed by atoms with Gasteiger partial charge in [-0.3, -0.25) is 4.79 Å². The van der Waals surface area contributed by atoms with Gasteiger partial charge < -0.3 is 10.2 Å². The predicted octanol–water partition coefficient (Wildman–Crippen LogP) is 4.38. The number of piperidine rings is 1. The zero-order chi connectivity index (χ0) is 18.3. The molecule has 26 heavy (non-hydrogen) atoms. The lowest BCUT2D eigenvalue weighted by molar-refractivity contribution is -0.155. The molecule has 0 spiro atoms. The maximum atomic E-state index is 12.6. The van der Waals surface area contributed by atoms with Crippen molar-refractivity contribution in [1.82, 2.24) is 10.2 Å². The molecular weight excluding hydrogens is 435 g/mol. The van der Waals surface area contributed by atoms with E-state index in [1.165, 1.54) is 51.4 Å². The van der Waals surface area contributed by atoms with Crippen LogP contribution in [0.3, 0.4) is 0 Å². The van der Waals surface area contributed by atoms with Crippen LogP contribution in [0.5, 0.6) is 0 Å². The number of carbonyl (C=O) groups is 1. The lowest BCUT2D eigenvalue weighted by Crippen LogP contribution is -2.64. The first-order chi connectivity index (χ1) is 12.3. The van der Waals surface area contributed by atoms with Crippen molar-refractivity contribution in [3.63, 3.8) is 0 Å². The maximum absolute atomic E-state index is 12.6. The molecule has 8 atom stereocenters. The second kappa shape index (κ2) is 6.08. The quantitative estimate of drug-likeness (QED) is 0.480. The highest BCUT2D eigenvalue weighted by atomic mass is 127. The Hall–Kier alpha value is 0.160. The molecule has 0 radical (unpaired) electrons. The molecule has 0 bridgehead atoms. The Morgan fingerprint density at radius 1 is 1.00 bits per heavy atom. The van der Waals surface area contributed by atoms with Crippen molar-refractivity contribution >= 4 is 28.5 Å². The SMILES string of the molecule is CN1C(=O)[C@H](I)C[C@]2(C)[C@H]3CC[C@]4(C)[C@@H](NC5CC5)CC[C@H]4[C@@H]3CC[C@@H]12. The van der Waals surface area contributed by atoms with Crippen LogP contribution >= 0.6 is 22.6 Å². The molecular formula is C22H35IN2O. The van der Waals surface area contributed by atoms with Gasteiger partial charge in [0.25, 0.3) is 0 Å². The molecule has 0 aromatic carbocycles. The first kappa shape index (κ1) is 18.2. The molecule has 1 amide bonds. The minimum Gasteiger partial charge on any atom is -0.341 e. The van der Waals surface area contributed by atoms with Gasteiger partial charge in [-0.15, -0.1) is 0 Å². The molecule has 1 aliphatic heterocycles. The number of likely N-dealkylation sites (tertiary alicyclic amines) is 1. The summed E-state index contributed by atoms with van der Waals surface area (Å²) in [5, 5.41) is 4.02. The minimum atomic E-state index is 0.179. The van der Waals surface area contributed by atoms with Crippen LogP contribution in [0.15, 0.2) is 0 Å². The Kier molecular flexibility index (Phi) is 4.26. The zero-order valence-electron chi connectivity index (χ0n) is 16.6. The van der Waals surface area contributed by atoms with Crippen LogP contribution in [0, 0.1) is 28.6 Å². The molecule has 4 saturated carbocycles. The van der Waals surface area contributed by atoms with E-state index in [1.807, 2.05) is 0 Å². The standard InChI is InChI=1S/C22H35IN2O/c1-21-11-10-16-14(15(21)7-8-18(21)24-13-4-5-13)6-9-19-22(16,2)12-17(23)20(26)25(19)3/h13-19,24H,4-12H2,1-3H3/t14-,15-,16-,17+,18-,19+,21-,22+/m0/s1. The Balaban J connectivity index is 1.41. The number of nitrogens with zero attached hydrogens (tertiary/aromatic N) is 1. The fourth-order valence-corrected chi connectivity index (χ4v) is 9.40. The largest absolute Gasteiger partial charge is 0.341 e. The van der Waals surface area contributed by atoms with Crippen molar-refractivity contribution in [2.75, 3.05) is 7.05 Å². The zero-order valence-corrected chi connectivity index (χ0v) is 18.8. The number of fused-ring (bicyclic) bond motifs is 5. The van der Waals surface area contributed by atoms with Gasteiger partial charge in [0.05, 0.1) is 3.92 Å². The lowest BCUT2D eigenvalue weighted by Gasteiger charge is -2.62. The summed E-state index contributed by atoms with van der Waals surface area (Å²) in [7, 11) is 2.08. The summed E-state index contributed by atoms with van der Waals surface area (Å²) >= 11 is 2.42. The smallest absolute Gasteiger partial charge is 0.235 e. The van der Waals surface area contributed by atoms with Crippen LogP contribution in [-0.2, 0) is 4.79 Å². The summed E-state index contributed by atoms with van der Waals surface area (Å²) in [4.78, 5) is 14.7. The Morgan fingerprint density at radius 2 is 1.73 bits per heavy atom. The molecule has 0 aromatic heterocycles. The third-order valence-electron chi connectivity index (χ3n) is 9.54. The Morgan fingerprint density at radius 3 is 2.46 bits per heavy atom. The lowest BCUT2D eigenvalue weighted by atomic mass is 9.47. The number of carbonyl (C=O) groups excluding carboxylic acids is 1. The summed E-state index contributed by atoms with van der Waals surface area (Å²) < 4.78 is 0.179. The monoisotopic (exact) mass is 470 g/mol. The summed E-state index contributed by atoms with van der Waals surface area (Å²) in [5.41, 5.74) is 0.855. The van der Waals surface area contributed by atoms with Crippen molar-refractivity contribution in [3.8, 4) is 0 Å². The third kappa shape index (κ3) is 2.49. The van der Waals surface area contributed by atoms with E-state index >= 15 is 0 Å². The van der Waals surface area contributed by atoms with Crippen LogP contribution in [0.1, 0.15) is 71.6 Å². The molecule has 1 heterocycles. The highest BCUT2D eigenvalue weighted by Gasteiger charge is 2.62. The van der Waals surface area contributed by atoms with Gasteiger partial charge in [-0.05, 0) is 86.4 Å². The van der Waals surface area contributed by atoms with Crippen molar-refractivity contribution < 1.29 is 4.79 Å². The number of hydrogen-bond acceptors (Lipinski definition) is 2. The van der Waals surface area contributed by atoms with E-state index in [0.29, 0.717) is 22.8 Å². The third-order valence-corrected chi connectivity index (χ3v) is 10.5. The molecule has 146 valence electrons. The van der Waals surface area contributed by atoms with Crippen molar-refractivity contribution in [3.05, 3.63) is 0 Å². The molecule has 5 fully saturated rings. The summed E-state index contributed by atoms with van der Waals surface area (Å²) in [6.45, 7) is 5.16. The van der Waals surface area contributed by atoms with E-state index in [2.05, 4.69) is 53.7 Å². The molecule has 0 unspecified atom stereocenters. The van der Waals surface area contributed by atoms with Crippen LogP contribution < -0.4 is 5.32 Å². The summed E-state index contributed by atoms with van der Waals surface area (Å²) in [6, 6.07) is 2.08. The van der Waals surface area contributed by atoms with Crippen LogP contribution in [0.4, 0.5) is 0 Å². The van der Waals surface area contributed by atoms with Gasteiger partial charge in [0, 0.05) is 25.2 Å². The fourth-order valence-electron chi connectivity index (χ4n) is 8.02. The number of halogens is 1. The number of hydrogen-bond donors (Lipinski definition) is 1. The fraction of sp³-hybridized carbons (Fsp3) is 0.955. The van der Waals surface area contributed by atoms with Crippen molar-refractivity contribution in [2.45, 2.75) is 93.7 Å². The van der Waals surface area contributed by atoms with E-state index in [9.17, 15) is 4.79 Å². The molecule has 4 heteroatoms. The molecule has 5 aliphatic rings. The molecule has 1 saturated heterocycles. The Labute approximate surface area is 172 Å². The predicted molar refractivity (Wildman–Crippen MR) is 113 cm³/mol. The second-order valence-corrected chi connectivity index (χ2v) is 12.2. The van der Waals surface area contributed by atoms with Gasteiger partial charge in [-0.25, -0.2) is 0 Å².